The van der Waals surface area contributed by atoms with Crippen molar-refractivity contribution in [3.8, 4) is 16.9 Å². The number of unbranched alkanes of at least 4 members (excludes halogenated alkanes) is 2. The minimum Gasteiger partial charge on any atom is -0.426 e. The Morgan fingerprint density at radius 3 is 2.10 bits per heavy atom. The Morgan fingerprint density at radius 2 is 1.52 bits per heavy atom. The van der Waals surface area contributed by atoms with E-state index in [0.29, 0.717) is 0 Å². The van der Waals surface area contributed by atoms with E-state index < -0.39 is 0 Å². The molecule has 0 bridgehead atoms. The zero-order valence-electron chi connectivity index (χ0n) is 18.6. The molecule has 2 aromatic rings. The van der Waals surface area contributed by atoms with Crippen molar-refractivity contribution in [1.29, 1.82) is 0 Å². The first-order valence-electron chi connectivity index (χ1n) is 11.4. The summed E-state index contributed by atoms with van der Waals surface area (Å²) in [5.74, 6) is 1.58. The van der Waals surface area contributed by atoms with Gasteiger partial charge in [-0.15, -0.1) is 0 Å². The van der Waals surface area contributed by atoms with Crippen LogP contribution in [0.25, 0.3) is 11.1 Å². The summed E-state index contributed by atoms with van der Waals surface area (Å²) in [7, 11) is 0. The van der Waals surface area contributed by atoms with E-state index in [2.05, 4.69) is 50.2 Å². The summed E-state index contributed by atoms with van der Waals surface area (Å²) in [6, 6.07) is 12.8. The van der Waals surface area contributed by atoms with Gasteiger partial charge in [-0.1, -0.05) is 62.4 Å². The van der Waals surface area contributed by atoms with E-state index in [0.717, 1.165) is 35.6 Å². The zero-order chi connectivity index (χ0) is 20.8. The van der Waals surface area contributed by atoms with Gasteiger partial charge in [0.1, 0.15) is 5.75 Å². The highest BCUT2D eigenvalue weighted by Crippen LogP contribution is 2.35. The Labute approximate surface area is 176 Å². The topological polar surface area (TPSA) is 26.3 Å². The average molecular weight is 393 g/mol. The highest BCUT2D eigenvalue weighted by Gasteiger charge is 2.28. The molecule has 0 saturated heterocycles. The molecule has 2 heteroatoms. The van der Waals surface area contributed by atoms with Crippen LogP contribution in [0.5, 0.6) is 5.75 Å². The molecule has 0 atom stereocenters. The van der Waals surface area contributed by atoms with Crippen LogP contribution in [0.4, 0.5) is 0 Å². The van der Waals surface area contributed by atoms with Gasteiger partial charge in [0.25, 0.3) is 0 Å². The molecule has 156 valence electrons. The van der Waals surface area contributed by atoms with Crippen LogP contribution < -0.4 is 4.74 Å². The van der Waals surface area contributed by atoms with E-state index in [4.69, 9.17) is 4.74 Å². The van der Waals surface area contributed by atoms with Crippen molar-refractivity contribution in [3.05, 3.63) is 53.1 Å². The number of aryl methyl sites for hydroxylation is 3. The van der Waals surface area contributed by atoms with Crippen molar-refractivity contribution >= 4 is 5.97 Å². The molecule has 0 aromatic heterocycles. The Bertz CT molecular complexity index is 788. The minimum atomic E-state index is -0.0358. The second-order valence-electron chi connectivity index (χ2n) is 8.94. The van der Waals surface area contributed by atoms with Crippen LogP contribution in [0, 0.1) is 32.6 Å². The maximum atomic E-state index is 12.8. The maximum absolute atomic E-state index is 12.8. The molecule has 0 N–H and O–H groups in total. The molecule has 0 unspecified atom stereocenters. The van der Waals surface area contributed by atoms with Crippen molar-refractivity contribution in [2.75, 3.05) is 0 Å². The zero-order valence-corrected chi connectivity index (χ0v) is 18.6. The molecule has 1 saturated carbocycles. The lowest BCUT2D eigenvalue weighted by molar-refractivity contribution is -0.140. The third-order valence-electron chi connectivity index (χ3n) is 6.44. The van der Waals surface area contributed by atoms with Crippen molar-refractivity contribution in [3.63, 3.8) is 0 Å². The number of carbonyl (C=O) groups is 1. The highest BCUT2D eigenvalue weighted by atomic mass is 16.5. The molecular formula is C27H36O2. The Kier molecular flexibility index (Phi) is 7.52. The summed E-state index contributed by atoms with van der Waals surface area (Å²) in [6.45, 7) is 8.43. The quantitative estimate of drug-likeness (QED) is 0.276. The molecule has 0 aliphatic heterocycles. The number of esters is 1. The van der Waals surface area contributed by atoms with Crippen LogP contribution in [-0.2, 0) is 4.79 Å². The van der Waals surface area contributed by atoms with Crippen LogP contribution in [0.3, 0.4) is 0 Å². The van der Waals surface area contributed by atoms with E-state index >= 15 is 0 Å². The molecule has 1 fully saturated rings. The van der Waals surface area contributed by atoms with Crippen molar-refractivity contribution in [2.24, 2.45) is 11.8 Å². The predicted octanol–water partition coefficient (Wildman–Crippen LogP) is 7.57. The molecule has 1 aliphatic carbocycles. The fourth-order valence-electron chi connectivity index (χ4n) is 4.58. The molecule has 0 radical (unpaired) electrons. The van der Waals surface area contributed by atoms with Gasteiger partial charge in [0.15, 0.2) is 0 Å². The lowest BCUT2D eigenvalue weighted by atomic mass is 9.80. The van der Waals surface area contributed by atoms with Crippen LogP contribution in [0.1, 0.15) is 75.0 Å². The monoisotopic (exact) mass is 392 g/mol. The molecule has 3 rings (SSSR count). The SMILES string of the molecule is CCCCCC1CCC(C(=O)Oc2c(C)cc(-c3ccc(C)cc3)cc2C)CC1. The third kappa shape index (κ3) is 5.72. The summed E-state index contributed by atoms with van der Waals surface area (Å²) < 4.78 is 5.92. The lowest BCUT2D eigenvalue weighted by Gasteiger charge is -2.27. The van der Waals surface area contributed by atoms with E-state index in [1.165, 1.54) is 55.2 Å². The van der Waals surface area contributed by atoms with Crippen LogP contribution in [0.2, 0.25) is 0 Å². The maximum Gasteiger partial charge on any atom is 0.314 e. The van der Waals surface area contributed by atoms with Gasteiger partial charge < -0.3 is 4.74 Å². The largest absolute Gasteiger partial charge is 0.426 e. The van der Waals surface area contributed by atoms with Gasteiger partial charge in [-0.05, 0) is 86.8 Å². The first-order chi connectivity index (χ1) is 14.0. The van der Waals surface area contributed by atoms with Gasteiger partial charge >= 0.3 is 5.97 Å². The van der Waals surface area contributed by atoms with Gasteiger partial charge in [-0.3, -0.25) is 4.79 Å². The van der Waals surface area contributed by atoms with Gasteiger partial charge in [-0.25, -0.2) is 0 Å². The minimum absolute atomic E-state index is 0.0358. The lowest BCUT2D eigenvalue weighted by Crippen LogP contribution is -2.26. The molecule has 0 amide bonds. The number of rotatable bonds is 7. The summed E-state index contributed by atoms with van der Waals surface area (Å²) in [5.41, 5.74) is 5.69. The number of benzene rings is 2. The van der Waals surface area contributed by atoms with Crippen molar-refractivity contribution in [1.82, 2.24) is 0 Å². The number of hydrogen-bond acceptors (Lipinski definition) is 2. The Morgan fingerprint density at radius 1 is 0.897 bits per heavy atom. The Balaban J connectivity index is 1.61. The van der Waals surface area contributed by atoms with Crippen LogP contribution >= 0.6 is 0 Å². The summed E-state index contributed by atoms with van der Waals surface area (Å²) in [4.78, 5) is 12.8. The molecule has 2 aromatic carbocycles. The van der Waals surface area contributed by atoms with E-state index in [-0.39, 0.29) is 11.9 Å². The van der Waals surface area contributed by atoms with Crippen LogP contribution in [-0.4, -0.2) is 5.97 Å². The molecule has 29 heavy (non-hydrogen) atoms. The predicted molar refractivity (Wildman–Crippen MR) is 121 cm³/mol. The fourth-order valence-corrected chi connectivity index (χ4v) is 4.58. The van der Waals surface area contributed by atoms with E-state index in [1.54, 1.807) is 0 Å². The standard InChI is InChI=1S/C27H36O2/c1-5-6-7-8-22-11-15-24(16-12-22)27(28)29-26-20(3)17-25(18-21(26)4)23-13-9-19(2)10-14-23/h9-10,13-14,17-18,22,24H,5-8,11-12,15-16H2,1-4H3. The summed E-state index contributed by atoms with van der Waals surface area (Å²) >= 11 is 0. The average Bonchev–Trinajstić information content (AvgIpc) is 2.71. The first-order valence-corrected chi connectivity index (χ1v) is 11.4. The Hall–Kier alpha value is -2.09. The second-order valence-corrected chi connectivity index (χ2v) is 8.94. The van der Waals surface area contributed by atoms with Gasteiger partial charge in [-0.2, -0.15) is 0 Å². The van der Waals surface area contributed by atoms with Gasteiger partial charge in [0.05, 0.1) is 5.92 Å². The van der Waals surface area contributed by atoms with Gasteiger partial charge in [0.2, 0.25) is 0 Å². The molecule has 0 spiro atoms. The van der Waals surface area contributed by atoms with E-state index in [1.807, 2.05) is 13.8 Å². The van der Waals surface area contributed by atoms with Crippen molar-refractivity contribution in [2.45, 2.75) is 79.1 Å². The van der Waals surface area contributed by atoms with Gasteiger partial charge in [0, 0.05) is 0 Å². The first kappa shape index (κ1) is 21.6. The number of ether oxygens (including phenoxy) is 1. The molecule has 1 aliphatic rings. The third-order valence-corrected chi connectivity index (χ3v) is 6.44. The molecule has 0 heterocycles. The fraction of sp³-hybridized carbons (Fsp3) is 0.519. The smallest absolute Gasteiger partial charge is 0.314 e. The molecule has 2 nitrogen and oxygen atoms in total. The highest BCUT2D eigenvalue weighted by molar-refractivity contribution is 5.77. The number of hydrogen-bond donors (Lipinski definition) is 0. The molecular weight excluding hydrogens is 356 g/mol. The van der Waals surface area contributed by atoms with Crippen LogP contribution in [0.15, 0.2) is 36.4 Å². The summed E-state index contributed by atoms with van der Waals surface area (Å²) in [6.07, 6.45) is 9.59. The van der Waals surface area contributed by atoms with E-state index in [9.17, 15) is 4.79 Å². The second kappa shape index (κ2) is 10.1. The van der Waals surface area contributed by atoms with Crippen molar-refractivity contribution < 1.29 is 9.53 Å². The number of carbonyl (C=O) groups excluding carboxylic acids is 1. The normalized spacial score (nSPS) is 19.2. The summed E-state index contributed by atoms with van der Waals surface area (Å²) in [5, 5.41) is 0.